The monoisotopic (exact) mass is 498 g/mol. The predicted octanol–water partition coefficient (Wildman–Crippen LogP) is 3.99. The first-order valence-corrected chi connectivity index (χ1v) is 10.5. The van der Waals surface area contributed by atoms with Gasteiger partial charge in [-0.2, -0.15) is 0 Å². The van der Waals surface area contributed by atoms with Crippen LogP contribution in [0.15, 0.2) is 24.3 Å². The van der Waals surface area contributed by atoms with Gasteiger partial charge in [-0.05, 0) is 78.1 Å². The largest absolute Gasteiger partial charge is 0.452 e. The van der Waals surface area contributed by atoms with Crippen molar-refractivity contribution in [2.45, 2.75) is 32.6 Å². The molecular formula is C19H19IN2O4S. The number of hydrogen-bond acceptors (Lipinski definition) is 5. The van der Waals surface area contributed by atoms with Crippen LogP contribution in [0.5, 0.6) is 0 Å². The van der Waals surface area contributed by atoms with Crippen molar-refractivity contribution in [3.8, 4) is 0 Å². The Morgan fingerprint density at radius 1 is 1.11 bits per heavy atom. The summed E-state index contributed by atoms with van der Waals surface area (Å²) in [6, 6.07) is 7.32. The van der Waals surface area contributed by atoms with E-state index in [1.54, 1.807) is 12.1 Å². The number of aryl methyl sites for hydroxylation is 1. The Hall–Kier alpha value is -1.94. The van der Waals surface area contributed by atoms with E-state index in [0.29, 0.717) is 16.3 Å². The maximum Gasteiger partial charge on any atom is 0.341 e. The van der Waals surface area contributed by atoms with Gasteiger partial charge in [0.2, 0.25) is 5.91 Å². The summed E-state index contributed by atoms with van der Waals surface area (Å²) in [6.07, 6.45) is 3.74. The molecule has 0 radical (unpaired) electrons. The lowest BCUT2D eigenvalue weighted by Gasteiger charge is -2.13. The molecule has 142 valence electrons. The number of thiophene rings is 1. The lowest BCUT2D eigenvalue weighted by Crippen LogP contribution is -2.22. The van der Waals surface area contributed by atoms with E-state index in [1.165, 1.54) is 18.3 Å². The molecule has 8 heteroatoms. The summed E-state index contributed by atoms with van der Waals surface area (Å²) in [6.45, 7) is 1.03. The quantitative estimate of drug-likeness (QED) is 0.483. The molecule has 0 saturated heterocycles. The molecule has 0 bridgehead atoms. The Morgan fingerprint density at radius 2 is 1.81 bits per heavy atom. The highest BCUT2D eigenvalue weighted by molar-refractivity contribution is 14.1. The lowest BCUT2D eigenvalue weighted by molar-refractivity contribution is -0.119. The molecule has 0 aliphatic heterocycles. The Kier molecular flexibility index (Phi) is 6.48. The first-order valence-electron chi connectivity index (χ1n) is 8.58. The standard InChI is InChI=1S/C19H19IN2O4S/c1-11(23)21-18-17(14-4-2-3-5-15(14)27-18)19(25)26-10-16(24)22-13-8-6-12(20)7-9-13/h6-9H,2-5,10H2,1H3,(H,21,23)(H,22,24). The Bertz CT molecular complexity index is 877. The minimum Gasteiger partial charge on any atom is -0.452 e. The summed E-state index contributed by atoms with van der Waals surface area (Å²) in [7, 11) is 0. The van der Waals surface area contributed by atoms with E-state index in [-0.39, 0.29) is 12.5 Å². The second-order valence-electron chi connectivity index (χ2n) is 6.23. The van der Waals surface area contributed by atoms with Crippen LogP contribution in [0.1, 0.15) is 40.6 Å². The normalized spacial score (nSPS) is 12.8. The van der Waals surface area contributed by atoms with Crippen molar-refractivity contribution in [3.63, 3.8) is 0 Å². The van der Waals surface area contributed by atoms with Crippen LogP contribution in [-0.4, -0.2) is 24.4 Å². The number of carbonyl (C=O) groups is 3. The highest BCUT2D eigenvalue weighted by atomic mass is 127. The van der Waals surface area contributed by atoms with Gasteiger partial charge in [0, 0.05) is 21.1 Å². The summed E-state index contributed by atoms with van der Waals surface area (Å²) in [5, 5.41) is 5.93. The number of carbonyl (C=O) groups excluding carboxylic acids is 3. The molecule has 2 N–H and O–H groups in total. The van der Waals surface area contributed by atoms with Gasteiger partial charge in [0.25, 0.3) is 5.91 Å². The van der Waals surface area contributed by atoms with E-state index in [2.05, 4.69) is 33.2 Å². The number of amides is 2. The van der Waals surface area contributed by atoms with Crippen molar-refractivity contribution >= 4 is 62.4 Å². The van der Waals surface area contributed by atoms with Crippen LogP contribution in [0, 0.1) is 3.57 Å². The maximum atomic E-state index is 12.6. The molecule has 6 nitrogen and oxygen atoms in total. The third kappa shape index (κ3) is 5.07. The molecule has 1 aromatic carbocycles. The Labute approximate surface area is 174 Å². The highest BCUT2D eigenvalue weighted by Gasteiger charge is 2.27. The van der Waals surface area contributed by atoms with Crippen LogP contribution < -0.4 is 10.6 Å². The van der Waals surface area contributed by atoms with E-state index < -0.39 is 11.9 Å². The second-order valence-corrected chi connectivity index (χ2v) is 8.58. The summed E-state index contributed by atoms with van der Waals surface area (Å²) >= 11 is 3.60. The number of anilines is 2. The molecule has 1 aliphatic rings. The molecule has 1 heterocycles. The predicted molar refractivity (Wildman–Crippen MR) is 113 cm³/mol. The van der Waals surface area contributed by atoms with E-state index >= 15 is 0 Å². The number of ether oxygens (including phenoxy) is 1. The molecule has 1 aromatic heterocycles. The average molecular weight is 498 g/mol. The summed E-state index contributed by atoms with van der Waals surface area (Å²) in [5.74, 6) is -1.22. The van der Waals surface area contributed by atoms with Gasteiger partial charge in [0.1, 0.15) is 5.00 Å². The van der Waals surface area contributed by atoms with E-state index in [4.69, 9.17) is 4.74 Å². The number of esters is 1. The minimum absolute atomic E-state index is 0.237. The van der Waals surface area contributed by atoms with Crippen molar-refractivity contribution in [1.82, 2.24) is 0 Å². The zero-order valence-corrected chi connectivity index (χ0v) is 17.7. The van der Waals surface area contributed by atoms with E-state index in [0.717, 1.165) is 39.7 Å². The fourth-order valence-electron chi connectivity index (χ4n) is 2.96. The molecule has 1 aliphatic carbocycles. The van der Waals surface area contributed by atoms with Crippen LogP contribution in [0.4, 0.5) is 10.7 Å². The van der Waals surface area contributed by atoms with Crippen molar-refractivity contribution < 1.29 is 19.1 Å². The number of rotatable bonds is 5. The van der Waals surface area contributed by atoms with Crippen LogP contribution in [0.25, 0.3) is 0 Å². The van der Waals surface area contributed by atoms with Crippen LogP contribution in [0.2, 0.25) is 0 Å². The van der Waals surface area contributed by atoms with Crippen molar-refractivity contribution in [2.75, 3.05) is 17.2 Å². The number of fused-ring (bicyclic) bond motifs is 1. The SMILES string of the molecule is CC(=O)Nc1sc2c(c1C(=O)OCC(=O)Nc1ccc(I)cc1)CCCC2. The van der Waals surface area contributed by atoms with Crippen molar-refractivity contribution in [2.24, 2.45) is 0 Å². The molecule has 2 aromatic rings. The fourth-order valence-corrected chi connectivity index (χ4v) is 4.65. The average Bonchev–Trinajstić information content (AvgIpc) is 2.98. The van der Waals surface area contributed by atoms with Crippen LogP contribution in [-0.2, 0) is 27.2 Å². The lowest BCUT2D eigenvalue weighted by atomic mass is 9.95. The van der Waals surface area contributed by atoms with Gasteiger partial charge >= 0.3 is 5.97 Å². The number of halogens is 1. The summed E-state index contributed by atoms with van der Waals surface area (Å²) in [4.78, 5) is 37.3. The van der Waals surface area contributed by atoms with Gasteiger partial charge in [0.05, 0.1) is 5.56 Å². The van der Waals surface area contributed by atoms with Crippen LogP contribution >= 0.6 is 33.9 Å². The van der Waals surface area contributed by atoms with Gasteiger partial charge in [-0.3, -0.25) is 9.59 Å². The van der Waals surface area contributed by atoms with Gasteiger partial charge in [-0.25, -0.2) is 4.79 Å². The van der Waals surface area contributed by atoms with E-state index in [1.807, 2.05) is 12.1 Å². The first kappa shape index (κ1) is 19.8. The third-order valence-electron chi connectivity index (χ3n) is 4.13. The molecule has 2 amide bonds. The Balaban J connectivity index is 1.68. The molecule has 0 unspecified atom stereocenters. The topological polar surface area (TPSA) is 84.5 Å². The van der Waals surface area contributed by atoms with E-state index in [9.17, 15) is 14.4 Å². The molecule has 0 atom stereocenters. The molecule has 27 heavy (non-hydrogen) atoms. The van der Waals surface area contributed by atoms with Gasteiger partial charge < -0.3 is 15.4 Å². The molecule has 0 fully saturated rings. The van der Waals surface area contributed by atoms with Crippen molar-refractivity contribution in [1.29, 1.82) is 0 Å². The highest BCUT2D eigenvalue weighted by Crippen LogP contribution is 2.38. The summed E-state index contributed by atoms with van der Waals surface area (Å²) < 4.78 is 6.30. The van der Waals surface area contributed by atoms with Gasteiger partial charge in [0.15, 0.2) is 6.61 Å². The number of hydrogen-bond donors (Lipinski definition) is 2. The molecule has 0 spiro atoms. The zero-order valence-electron chi connectivity index (χ0n) is 14.8. The van der Waals surface area contributed by atoms with Gasteiger partial charge in [-0.1, -0.05) is 0 Å². The Morgan fingerprint density at radius 3 is 2.52 bits per heavy atom. The third-order valence-corrected chi connectivity index (χ3v) is 6.05. The maximum absolute atomic E-state index is 12.6. The first-order chi connectivity index (χ1) is 12.9. The van der Waals surface area contributed by atoms with Crippen LogP contribution in [0.3, 0.4) is 0 Å². The van der Waals surface area contributed by atoms with Crippen molar-refractivity contribution in [3.05, 3.63) is 43.8 Å². The molecule has 3 rings (SSSR count). The smallest absolute Gasteiger partial charge is 0.341 e. The molecular weight excluding hydrogens is 479 g/mol. The number of nitrogens with one attached hydrogen (secondary N) is 2. The van der Waals surface area contributed by atoms with Gasteiger partial charge in [-0.15, -0.1) is 11.3 Å². The molecule has 0 saturated carbocycles. The summed E-state index contributed by atoms with van der Waals surface area (Å²) in [5.41, 5.74) is 1.98. The number of benzene rings is 1. The fraction of sp³-hybridized carbons (Fsp3) is 0.316. The second kappa shape index (κ2) is 8.83. The zero-order chi connectivity index (χ0) is 19.4. The minimum atomic E-state index is -0.573.